The van der Waals surface area contributed by atoms with E-state index in [-0.39, 0.29) is 5.82 Å². The Balaban J connectivity index is 2.65. The van der Waals surface area contributed by atoms with E-state index < -0.39 is 0 Å². The van der Waals surface area contributed by atoms with Gasteiger partial charge in [0.1, 0.15) is 5.82 Å². The molecule has 0 atom stereocenters. The maximum Gasteiger partial charge on any atom is 0.123 e. The lowest BCUT2D eigenvalue weighted by atomic mass is 10.0. The van der Waals surface area contributed by atoms with Crippen LogP contribution in [-0.2, 0) is 11.3 Å². The molecule has 0 aromatic heterocycles. The molecule has 16 heavy (non-hydrogen) atoms. The molecule has 0 fully saturated rings. The average Bonchev–Trinajstić information content (AvgIpc) is 2.16. The van der Waals surface area contributed by atoms with Crippen LogP contribution in [0.4, 0.5) is 4.39 Å². The molecule has 0 N–H and O–H groups in total. The van der Waals surface area contributed by atoms with Gasteiger partial charge in [-0.2, -0.15) is 0 Å². The Hall–Kier alpha value is -0.930. The van der Waals surface area contributed by atoms with E-state index in [0.717, 1.165) is 11.1 Å². The summed E-state index contributed by atoms with van der Waals surface area (Å²) in [4.78, 5) is 1.93. The maximum atomic E-state index is 13.3. The first-order valence-corrected chi connectivity index (χ1v) is 5.51. The molecule has 2 nitrogen and oxygen atoms in total. The molecule has 90 valence electrons. The molecule has 0 aliphatic heterocycles. The van der Waals surface area contributed by atoms with E-state index in [1.807, 2.05) is 25.1 Å². The first kappa shape index (κ1) is 13.1. The second kappa shape index (κ2) is 5.97. The normalized spacial score (nSPS) is 11.4. The van der Waals surface area contributed by atoms with Crippen molar-refractivity contribution < 1.29 is 9.13 Å². The van der Waals surface area contributed by atoms with Gasteiger partial charge in [-0.25, -0.2) is 4.39 Å². The molecular weight excluding hydrogens is 205 g/mol. The zero-order chi connectivity index (χ0) is 12.1. The summed E-state index contributed by atoms with van der Waals surface area (Å²) < 4.78 is 18.7. The van der Waals surface area contributed by atoms with E-state index in [0.29, 0.717) is 19.3 Å². The van der Waals surface area contributed by atoms with Crippen LogP contribution in [0, 0.1) is 5.82 Å². The molecule has 0 aliphatic rings. The van der Waals surface area contributed by atoms with E-state index in [4.69, 9.17) is 4.74 Å². The van der Waals surface area contributed by atoms with Crippen molar-refractivity contribution >= 4 is 0 Å². The van der Waals surface area contributed by atoms with Gasteiger partial charge in [0, 0.05) is 0 Å². The number of nitrogens with zero attached hydrogens (tertiary/aromatic N) is 1. The molecule has 0 spiro atoms. The first-order valence-electron chi connectivity index (χ1n) is 5.51. The highest BCUT2D eigenvalue weighted by molar-refractivity contribution is 5.26. The molecule has 0 unspecified atom stereocenters. The molecule has 3 heteroatoms. The van der Waals surface area contributed by atoms with Gasteiger partial charge in [-0.15, -0.1) is 0 Å². The van der Waals surface area contributed by atoms with Crippen molar-refractivity contribution in [1.29, 1.82) is 0 Å². The summed E-state index contributed by atoms with van der Waals surface area (Å²) in [5.41, 5.74) is 1.91. The van der Waals surface area contributed by atoms with Gasteiger partial charge in [0.05, 0.1) is 13.3 Å². The Kier molecular flexibility index (Phi) is 4.90. The van der Waals surface area contributed by atoms with E-state index in [9.17, 15) is 4.39 Å². The Bertz CT molecular complexity index is 337. The van der Waals surface area contributed by atoms with Gasteiger partial charge in [-0.1, -0.05) is 19.9 Å². The molecule has 1 rings (SSSR count). The highest BCUT2D eigenvalue weighted by Gasteiger charge is 2.04. The summed E-state index contributed by atoms with van der Waals surface area (Å²) in [6.45, 7) is 5.11. The van der Waals surface area contributed by atoms with Gasteiger partial charge in [0.25, 0.3) is 0 Å². The fraction of sp³-hybridized carbons (Fsp3) is 0.538. The van der Waals surface area contributed by atoms with Gasteiger partial charge in [-0.3, -0.25) is 4.90 Å². The molecule has 0 bridgehead atoms. The smallest absolute Gasteiger partial charge is 0.123 e. The van der Waals surface area contributed by atoms with Crippen LogP contribution in [0.1, 0.15) is 30.9 Å². The topological polar surface area (TPSA) is 12.5 Å². The van der Waals surface area contributed by atoms with Crippen molar-refractivity contribution in [2.75, 3.05) is 20.8 Å². The lowest BCUT2D eigenvalue weighted by molar-refractivity contribution is 0.0449. The monoisotopic (exact) mass is 225 g/mol. The van der Waals surface area contributed by atoms with Crippen molar-refractivity contribution in [3.05, 3.63) is 35.1 Å². The van der Waals surface area contributed by atoms with Crippen molar-refractivity contribution in [1.82, 2.24) is 4.90 Å². The zero-order valence-corrected chi connectivity index (χ0v) is 10.5. The summed E-state index contributed by atoms with van der Waals surface area (Å²) in [5, 5.41) is 0. The van der Waals surface area contributed by atoms with Crippen molar-refractivity contribution in [3.63, 3.8) is 0 Å². The predicted molar refractivity (Wildman–Crippen MR) is 63.8 cm³/mol. The Morgan fingerprint density at radius 1 is 1.25 bits per heavy atom. The van der Waals surface area contributed by atoms with Gasteiger partial charge >= 0.3 is 0 Å². The van der Waals surface area contributed by atoms with Crippen LogP contribution in [0.15, 0.2) is 18.2 Å². The molecule has 0 aliphatic carbocycles. The third-order valence-corrected chi connectivity index (χ3v) is 2.26. The average molecular weight is 225 g/mol. The van der Waals surface area contributed by atoms with E-state index in [1.54, 1.807) is 6.07 Å². The molecule has 0 saturated heterocycles. The van der Waals surface area contributed by atoms with Crippen LogP contribution in [0.25, 0.3) is 0 Å². The van der Waals surface area contributed by atoms with Crippen LogP contribution in [0.2, 0.25) is 0 Å². The number of hydrogen-bond acceptors (Lipinski definition) is 2. The quantitative estimate of drug-likeness (QED) is 0.714. The van der Waals surface area contributed by atoms with Crippen LogP contribution in [-0.4, -0.2) is 25.7 Å². The highest BCUT2D eigenvalue weighted by atomic mass is 19.1. The van der Waals surface area contributed by atoms with E-state index in [1.165, 1.54) is 6.07 Å². The molecule has 0 heterocycles. The maximum absolute atomic E-state index is 13.3. The minimum absolute atomic E-state index is 0.186. The zero-order valence-electron chi connectivity index (χ0n) is 10.5. The SMILES string of the molecule is CC(C)c1cc(F)cc(COCN(C)C)c1. The summed E-state index contributed by atoms with van der Waals surface area (Å²) in [6.07, 6.45) is 0. The fourth-order valence-electron chi connectivity index (χ4n) is 1.44. The number of hydrogen-bond donors (Lipinski definition) is 0. The summed E-state index contributed by atoms with van der Waals surface area (Å²) in [6, 6.07) is 5.12. The predicted octanol–water partition coefficient (Wildman–Crippen LogP) is 2.98. The second-order valence-electron chi connectivity index (χ2n) is 4.60. The number of benzene rings is 1. The third kappa shape index (κ3) is 4.29. The van der Waals surface area contributed by atoms with Gasteiger partial charge in [0.15, 0.2) is 0 Å². The van der Waals surface area contributed by atoms with Gasteiger partial charge in [-0.05, 0) is 43.3 Å². The highest BCUT2D eigenvalue weighted by Crippen LogP contribution is 2.18. The number of rotatable bonds is 5. The van der Waals surface area contributed by atoms with Crippen molar-refractivity contribution in [2.45, 2.75) is 26.4 Å². The summed E-state index contributed by atoms with van der Waals surface area (Å²) in [7, 11) is 3.87. The first-order chi connectivity index (χ1) is 7.49. The van der Waals surface area contributed by atoms with Crippen molar-refractivity contribution in [3.8, 4) is 0 Å². The molecule has 1 aromatic carbocycles. The Morgan fingerprint density at radius 2 is 1.94 bits per heavy atom. The molecule has 0 amide bonds. The number of halogens is 1. The van der Waals surface area contributed by atoms with Crippen LogP contribution < -0.4 is 0 Å². The van der Waals surface area contributed by atoms with E-state index >= 15 is 0 Å². The second-order valence-corrected chi connectivity index (χ2v) is 4.60. The van der Waals surface area contributed by atoms with Crippen LogP contribution in [0.5, 0.6) is 0 Å². The minimum Gasteiger partial charge on any atom is -0.361 e. The Labute approximate surface area is 97.0 Å². The standard InChI is InChI=1S/C13H20FNO/c1-10(2)12-5-11(6-13(14)7-12)8-16-9-15(3)4/h5-7,10H,8-9H2,1-4H3. The van der Waals surface area contributed by atoms with Crippen LogP contribution >= 0.6 is 0 Å². The summed E-state index contributed by atoms with van der Waals surface area (Å²) >= 11 is 0. The molecule has 0 saturated carbocycles. The van der Waals surface area contributed by atoms with Crippen LogP contribution in [0.3, 0.4) is 0 Å². The molecular formula is C13H20FNO. The lowest BCUT2D eigenvalue weighted by Gasteiger charge is -2.12. The minimum atomic E-state index is -0.186. The molecule has 0 radical (unpaired) electrons. The van der Waals surface area contributed by atoms with Gasteiger partial charge in [0.2, 0.25) is 0 Å². The molecule has 1 aromatic rings. The van der Waals surface area contributed by atoms with Gasteiger partial charge < -0.3 is 4.74 Å². The lowest BCUT2D eigenvalue weighted by Crippen LogP contribution is -2.15. The largest absolute Gasteiger partial charge is 0.361 e. The number of ether oxygens (including phenoxy) is 1. The Morgan fingerprint density at radius 3 is 2.50 bits per heavy atom. The fourth-order valence-corrected chi connectivity index (χ4v) is 1.44. The summed E-state index contributed by atoms with van der Waals surface area (Å²) in [5.74, 6) is 0.151. The van der Waals surface area contributed by atoms with Crippen molar-refractivity contribution in [2.24, 2.45) is 0 Å². The third-order valence-electron chi connectivity index (χ3n) is 2.26. The van der Waals surface area contributed by atoms with E-state index in [2.05, 4.69) is 13.8 Å².